The Kier molecular flexibility index (Phi) is 4.04. The molecule has 0 spiro atoms. The minimum Gasteiger partial charge on any atom is -0.392 e. The highest BCUT2D eigenvalue weighted by atomic mass is 16.3. The molecule has 0 unspecified atom stereocenters. The molecule has 2 atom stereocenters. The number of amides is 1. The van der Waals surface area contributed by atoms with Crippen LogP contribution in [0.15, 0.2) is 11.0 Å². The van der Waals surface area contributed by atoms with Crippen LogP contribution in [0.1, 0.15) is 67.5 Å². The van der Waals surface area contributed by atoms with Gasteiger partial charge in [0.1, 0.15) is 11.4 Å². The normalized spacial score (nSPS) is 28.4. The van der Waals surface area contributed by atoms with Crippen molar-refractivity contribution in [3.63, 3.8) is 0 Å². The molecule has 1 heterocycles. The standard InChI is InChI=1S/C16H23N3O3/c1-16(7-3-2-4-12(16)20)9-18-14(21)11-8-17-13(10-5-6-10)19-15(11)22/h8,10,12,20H,2-7,9H2,1H3,(H,18,21)(H,17,19,22)/t12-,16-/m1/s1. The summed E-state index contributed by atoms with van der Waals surface area (Å²) in [4.78, 5) is 31.1. The van der Waals surface area contributed by atoms with Gasteiger partial charge in [-0.05, 0) is 25.7 Å². The lowest BCUT2D eigenvalue weighted by atomic mass is 9.73. The topological polar surface area (TPSA) is 95.1 Å². The van der Waals surface area contributed by atoms with Crippen LogP contribution in [0, 0.1) is 5.41 Å². The Hall–Kier alpha value is -1.69. The first-order chi connectivity index (χ1) is 10.5. The third-order valence-electron chi connectivity index (χ3n) is 4.96. The number of aromatic amines is 1. The summed E-state index contributed by atoms with van der Waals surface area (Å²) in [5, 5.41) is 12.9. The minimum atomic E-state index is -0.421. The van der Waals surface area contributed by atoms with Crippen molar-refractivity contribution >= 4 is 5.91 Å². The third-order valence-corrected chi connectivity index (χ3v) is 4.96. The summed E-state index contributed by atoms with van der Waals surface area (Å²) in [5.74, 6) is 0.604. The maximum Gasteiger partial charge on any atom is 0.263 e. The summed E-state index contributed by atoms with van der Waals surface area (Å²) in [6, 6.07) is 0. The Morgan fingerprint density at radius 2 is 2.23 bits per heavy atom. The first-order valence-electron chi connectivity index (χ1n) is 8.05. The molecule has 1 aromatic heterocycles. The van der Waals surface area contributed by atoms with Crippen molar-refractivity contribution in [3.8, 4) is 0 Å². The molecule has 6 heteroatoms. The molecule has 22 heavy (non-hydrogen) atoms. The van der Waals surface area contributed by atoms with Crippen LogP contribution in [0.25, 0.3) is 0 Å². The predicted octanol–water partition coefficient (Wildman–Crippen LogP) is 1.32. The first-order valence-corrected chi connectivity index (χ1v) is 8.05. The van der Waals surface area contributed by atoms with Gasteiger partial charge in [-0.2, -0.15) is 0 Å². The zero-order valence-corrected chi connectivity index (χ0v) is 12.9. The van der Waals surface area contributed by atoms with Crippen molar-refractivity contribution in [1.82, 2.24) is 15.3 Å². The van der Waals surface area contributed by atoms with Gasteiger partial charge in [0, 0.05) is 24.1 Å². The molecule has 2 aliphatic carbocycles. The van der Waals surface area contributed by atoms with E-state index in [-0.39, 0.29) is 16.5 Å². The summed E-state index contributed by atoms with van der Waals surface area (Å²) in [6.45, 7) is 2.35. The van der Waals surface area contributed by atoms with Crippen molar-refractivity contribution < 1.29 is 9.90 Å². The molecule has 3 N–H and O–H groups in total. The van der Waals surface area contributed by atoms with E-state index < -0.39 is 12.0 Å². The Morgan fingerprint density at radius 1 is 1.45 bits per heavy atom. The lowest BCUT2D eigenvalue weighted by Gasteiger charge is -2.38. The second-order valence-corrected chi connectivity index (χ2v) is 6.88. The van der Waals surface area contributed by atoms with Gasteiger partial charge in [-0.25, -0.2) is 4.98 Å². The van der Waals surface area contributed by atoms with E-state index in [4.69, 9.17) is 0 Å². The number of nitrogens with zero attached hydrogens (tertiary/aromatic N) is 1. The maximum atomic E-state index is 12.2. The number of aliphatic hydroxyl groups excluding tert-OH is 1. The number of carbonyl (C=O) groups excluding carboxylic acids is 1. The number of hydrogen-bond acceptors (Lipinski definition) is 4. The van der Waals surface area contributed by atoms with Gasteiger partial charge in [-0.15, -0.1) is 0 Å². The summed E-state index contributed by atoms with van der Waals surface area (Å²) in [7, 11) is 0. The third kappa shape index (κ3) is 3.06. The molecule has 0 aromatic carbocycles. The number of carbonyl (C=O) groups is 1. The van der Waals surface area contributed by atoms with Crippen LogP contribution < -0.4 is 10.9 Å². The highest BCUT2D eigenvalue weighted by molar-refractivity contribution is 5.93. The molecule has 120 valence electrons. The molecule has 0 aliphatic heterocycles. The van der Waals surface area contributed by atoms with E-state index in [0.29, 0.717) is 18.3 Å². The fourth-order valence-electron chi connectivity index (χ4n) is 3.10. The first kappa shape index (κ1) is 15.2. The van der Waals surface area contributed by atoms with E-state index in [9.17, 15) is 14.7 Å². The van der Waals surface area contributed by atoms with Gasteiger partial charge >= 0.3 is 0 Å². The molecule has 3 rings (SSSR count). The van der Waals surface area contributed by atoms with Gasteiger partial charge in [0.15, 0.2) is 0 Å². The molecule has 2 saturated carbocycles. The number of nitrogens with one attached hydrogen (secondary N) is 2. The van der Waals surface area contributed by atoms with Gasteiger partial charge in [0.2, 0.25) is 0 Å². The van der Waals surface area contributed by atoms with Gasteiger partial charge < -0.3 is 15.4 Å². The maximum absolute atomic E-state index is 12.2. The van der Waals surface area contributed by atoms with E-state index in [1.54, 1.807) is 0 Å². The summed E-state index contributed by atoms with van der Waals surface area (Å²) in [5.41, 5.74) is -0.663. The van der Waals surface area contributed by atoms with E-state index in [1.807, 2.05) is 6.92 Å². The van der Waals surface area contributed by atoms with Crippen LogP contribution in [0.2, 0.25) is 0 Å². The lowest BCUT2D eigenvalue weighted by Crippen LogP contribution is -2.45. The van der Waals surface area contributed by atoms with Gasteiger partial charge in [0.25, 0.3) is 11.5 Å². The quantitative estimate of drug-likeness (QED) is 0.782. The van der Waals surface area contributed by atoms with Crippen LogP contribution in [-0.2, 0) is 0 Å². The van der Waals surface area contributed by atoms with E-state index in [2.05, 4.69) is 15.3 Å². The van der Waals surface area contributed by atoms with Crippen molar-refractivity contribution in [3.05, 3.63) is 27.9 Å². The van der Waals surface area contributed by atoms with Crippen LogP contribution in [0.3, 0.4) is 0 Å². The SMILES string of the molecule is C[C@]1(CNC(=O)c2cnc(C3CC3)[nH]c2=O)CCCC[C@H]1O. The fourth-order valence-corrected chi connectivity index (χ4v) is 3.10. The Morgan fingerprint density at radius 3 is 2.86 bits per heavy atom. The second kappa shape index (κ2) is 5.83. The molecule has 0 bridgehead atoms. The summed E-state index contributed by atoms with van der Waals surface area (Å²) in [6.07, 6.45) is 6.78. The molecule has 6 nitrogen and oxygen atoms in total. The Bertz CT molecular complexity index is 623. The molecular formula is C16H23N3O3. The second-order valence-electron chi connectivity index (χ2n) is 6.88. The monoisotopic (exact) mass is 305 g/mol. The van der Waals surface area contributed by atoms with Crippen LogP contribution in [0.5, 0.6) is 0 Å². The van der Waals surface area contributed by atoms with Crippen LogP contribution in [0.4, 0.5) is 0 Å². The summed E-state index contributed by atoms with van der Waals surface area (Å²) >= 11 is 0. The molecule has 2 fully saturated rings. The average molecular weight is 305 g/mol. The van der Waals surface area contributed by atoms with Crippen LogP contribution in [-0.4, -0.2) is 33.6 Å². The summed E-state index contributed by atoms with van der Waals surface area (Å²) < 4.78 is 0. The van der Waals surface area contributed by atoms with Gasteiger partial charge in [-0.1, -0.05) is 19.8 Å². The van der Waals surface area contributed by atoms with Crippen LogP contribution >= 0.6 is 0 Å². The van der Waals surface area contributed by atoms with E-state index >= 15 is 0 Å². The number of rotatable bonds is 4. The Balaban J connectivity index is 1.65. The van der Waals surface area contributed by atoms with Gasteiger partial charge in [-0.3, -0.25) is 9.59 Å². The lowest BCUT2D eigenvalue weighted by molar-refractivity contribution is 0.00189. The van der Waals surface area contributed by atoms with Gasteiger partial charge in [0.05, 0.1) is 6.10 Å². The number of hydrogen-bond donors (Lipinski definition) is 3. The predicted molar refractivity (Wildman–Crippen MR) is 81.7 cm³/mol. The van der Waals surface area contributed by atoms with Crippen molar-refractivity contribution in [1.29, 1.82) is 0 Å². The fraction of sp³-hybridized carbons (Fsp3) is 0.688. The molecule has 2 aliphatic rings. The highest BCUT2D eigenvalue weighted by Crippen LogP contribution is 2.37. The smallest absolute Gasteiger partial charge is 0.263 e. The zero-order chi connectivity index (χ0) is 15.7. The molecule has 0 radical (unpaired) electrons. The molecule has 1 aromatic rings. The molecule has 1 amide bonds. The molecular weight excluding hydrogens is 282 g/mol. The number of H-pyrrole nitrogens is 1. The van der Waals surface area contributed by atoms with E-state index in [1.165, 1.54) is 6.20 Å². The van der Waals surface area contributed by atoms with Crippen molar-refractivity contribution in [2.75, 3.05) is 6.54 Å². The average Bonchev–Trinajstić information content (AvgIpc) is 3.33. The number of aromatic nitrogens is 2. The highest BCUT2D eigenvalue weighted by Gasteiger charge is 2.35. The Labute approximate surface area is 129 Å². The largest absolute Gasteiger partial charge is 0.392 e. The van der Waals surface area contributed by atoms with E-state index in [0.717, 1.165) is 38.5 Å². The zero-order valence-electron chi connectivity index (χ0n) is 12.9. The van der Waals surface area contributed by atoms with Crippen molar-refractivity contribution in [2.45, 2.75) is 57.5 Å². The minimum absolute atomic E-state index is 0.0401. The van der Waals surface area contributed by atoms with Crippen molar-refractivity contribution in [2.24, 2.45) is 5.41 Å². The molecule has 0 saturated heterocycles. The number of aliphatic hydroxyl groups is 1.